The van der Waals surface area contributed by atoms with Gasteiger partial charge < -0.3 is 0 Å². The summed E-state index contributed by atoms with van der Waals surface area (Å²) < 4.78 is 12.4. The fourth-order valence-electron chi connectivity index (χ4n) is 3.07. The molecule has 0 atom stereocenters. The minimum atomic E-state index is -2.17. The summed E-state index contributed by atoms with van der Waals surface area (Å²) >= 11 is -2.17. The first-order chi connectivity index (χ1) is 12.3. The second-order valence-corrected chi connectivity index (χ2v) is 21.3. The van der Waals surface area contributed by atoms with Crippen LogP contribution in [0.15, 0.2) is 34.5 Å². The number of esters is 1. The Kier molecular flexibility index (Phi) is 14.2. The fraction of sp³-hybridized carbons (Fsp3) is 0.696. The molecule has 0 heterocycles. The molecule has 0 aliphatic rings. The van der Waals surface area contributed by atoms with Gasteiger partial charge in [0, 0.05) is 0 Å². The average molecular weight is 469 g/mol. The molecule has 0 fully saturated rings. The molecular formula is C23H42O2Sn. The second kappa shape index (κ2) is 14.5. The molecule has 3 heteroatoms. The predicted molar refractivity (Wildman–Crippen MR) is 118 cm³/mol. The van der Waals surface area contributed by atoms with E-state index >= 15 is 0 Å². The Hall–Kier alpha value is -0.511. The van der Waals surface area contributed by atoms with Crippen molar-refractivity contribution in [3.05, 3.63) is 34.5 Å². The summed E-state index contributed by atoms with van der Waals surface area (Å²) in [5.41, 5.74) is -0.434. The second-order valence-electron chi connectivity index (χ2n) is 8.31. The Bertz CT molecular complexity index is 434. The van der Waals surface area contributed by atoms with Crippen LogP contribution in [-0.4, -0.2) is 29.9 Å². The van der Waals surface area contributed by atoms with E-state index in [1.165, 1.54) is 57.9 Å². The van der Waals surface area contributed by atoms with Crippen molar-refractivity contribution in [2.24, 2.45) is 0 Å². The molecule has 150 valence electrons. The normalized spacial score (nSPS) is 13.3. The van der Waals surface area contributed by atoms with Crippen molar-refractivity contribution in [1.82, 2.24) is 0 Å². The summed E-state index contributed by atoms with van der Waals surface area (Å²) in [6, 6.07) is 0. The van der Waals surface area contributed by atoms with Crippen LogP contribution in [-0.2, 0) is 9.53 Å². The topological polar surface area (TPSA) is 26.3 Å². The van der Waals surface area contributed by atoms with E-state index < -0.39 is 24.0 Å². The minimum absolute atomic E-state index is 0.284. The van der Waals surface area contributed by atoms with E-state index in [0.717, 1.165) is 0 Å². The molecule has 0 aliphatic heterocycles. The maximum absolute atomic E-state index is 11.7. The van der Waals surface area contributed by atoms with Crippen LogP contribution in [0.2, 0.25) is 13.3 Å². The zero-order valence-corrected chi connectivity index (χ0v) is 21.0. The third-order valence-corrected chi connectivity index (χ3v) is 18.6. The first-order valence-corrected chi connectivity index (χ1v) is 18.2. The van der Waals surface area contributed by atoms with Crippen LogP contribution in [0.3, 0.4) is 0 Å². The molecule has 0 amide bonds. The summed E-state index contributed by atoms with van der Waals surface area (Å²) in [7, 11) is 0. The van der Waals surface area contributed by atoms with Crippen LogP contribution in [0.1, 0.15) is 80.1 Å². The number of ether oxygens (including phenoxy) is 1. The van der Waals surface area contributed by atoms with Crippen LogP contribution in [0.25, 0.3) is 0 Å². The van der Waals surface area contributed by atoms with Gasteiger partial charge in [-0.15, -0.1) is 0 Å². The van der Waals surface area contributed by atoms with E-state index in [9.17, 15) is 4.79 Å². The van der Waals surface area contributed by atoms with Crippen LogP contribution < -0.4 is 0 Å². The van der Waals surface area contributed by atoms with Crippen LogP contribution in [0.4, 0.5) is 0 Å². The van der Waals surface area contributed by atoms with Gasteiger partial charge >= 0.3 is 167 Å². The molecule has 0 saturated carbocycles. The van der Waals surface area contributed by atoms with Gasteiger partial charge in [-0.05, 0) is 0 Å². The first-order valence-electron chi connectivity index (χ1n) is 10.5. The van der Waals surface area contributed by atoms with Crippen molar-refractivity contribution in [2.75, 3.05) is 0 Å². The van der Waals surface area contributed by atoms with Crippen molar-refractivity contribution in [2.45, 2.75) is 99.0 Å². The SMILES string of the molecule is CCC[CH2][Sn](/[CH]=C/C=C/C=C/C(=O)OC(C)(C)C)([CH2]CCC)[CH2]CCC. The quantitative estimate of drug-likeness (QED) is 0.122. The van der Waals surface area contributed by atoms with Gasteiger partial charge in [0.05, 0.1) is 0 Å². The fourth-order valence-corrected chi connectivity index (χ4v) is 17.2. The Balaban J connectivity index is 4.86. The van der Waals surface area contributed by atoms with Gasteiger partial charge in [0.2, 0.25) is 0 Å². The molecule has 0 unspecified atom stereocenters. The van der Waals surface area contributed by atoms with Gasteiger partial charge in [0.25, 0.3) is 0 Å². The molecule has 0 rings (SSSR count). The first kappa shape index (κ1) is 25.5. The van der Waals surface area contributed by atoms with Crippen molar-refractivity contribution >= 4 is 24.3 Å². The number of carbonyl (C=O) groups excluding carboxylic acids is 1. The van der Waals surface area contributed by atoms with Crippen LogP contribution >= 0.6 is 0 Å². The molecular weight excluding hydrogens is 427 g/mol. The molecule has 0 radical (unpaired) electrons. The number of allylic oxidation sites excluding steroid dienone is 4. The monoisotopic (exact) mass is 470 g/mol. The maximum atomic E-state index is 11.7. The van der Waals surface area contributed by atoms with Gasteiger partial charge in [-0.1, -0.05) is 0 Å². The number of unbranched alkanes of at least 4 members (excludes halogenated alkanes) is 3. The summed E-state index contributed by atoms with van der Waals surface area (Å²) in [6.07, 6.45) is 17.6. The summed E-state index contributed by atoms with van der Waals surface area (Å²) in [5.74, 6) is -0.284. The molecule has 0 bridgehead atoms. The van der Waals surface area contributed by atoms with E-state index in [1.807, 2.05) is 26.8 Å². The van der Waals surface area contributed by atoms with E-state index in [-0.39, 0.29) is 5.97 Å². The van der Waals surface area contributed by atoms with Crippen molar-refractivity contribution < 1.29 is 9.53 Å². The third-order valence-electron chi connectivity index (χ3n) is 4.51. The number of hydrogen-bond acceptors (Lipinski definition) is 2. The van der Waals surface area contributed by atoms with E-state index in [0.29, 0.717) is 0 Å². The Labute approximate surface area is 167 Å². The number of hydrogen-bond donors (Lipinski definition) is 0. The van der Waals surface area contributed by atoms with Gasteiger partial charge in [0.1, 0.15) is 0 Å². The molecule has 0 aromatic rings. The molecule has 0 aromatic heterocycles. The van der Waals surface area contributed by atoms with Crippen LogP contribution in [0.5, 0.6) is 0 Å². The number of carbonyl (C=O) groups is 1. The predicted octanol–water partition coefficient (Wildman–Crippen LogP) is 7.39. The Morgan fingerprint density at radius 1 is 0.808 bits per heavy atom. The third kappa shape index (κ3) is 13.7. The van der Waals surface area contributed by atoms with Gasteiger partial charge in [-0.2, -0.15) is 0 Å². The average Bonchev–Trinajstić information content (AvgIpc) is 2.57. The van der Waals surface area contributed by atoms with Crippen molar-refractivity contribution in [3.63, 3.8) is 0 Å². The standard InChI is InChI=1S/C11H15O2.3C4H9.Sn/c1-5-6-7-8-9-10(12)13-11(2,3)4;3*1-3-4-2;/h1,5-9H,2-4H3;3*1,3-4H2,2H3;/b5-1?,7-6+,9-8+;;;;. The molecule has 26 heavy (non-hydrogen) atoms. The molecule has 0 spiro atoms. The van der Waals surface area contributed by atoms with Crippen molar-refractivity contribution in [3.8, 4) is 0 Å². The van der Waals surface area contributed by atoms with Crippen molar-refractivity contribution in [1.29, 1.82) is 0 Å². The Morgan fingerprint density at radius 2 is 1.27 bits per heavy atom. The molecule has 0 aromatic carbocycles. The number of rotatable bonds is 13. The van der Waals surface area contributed by atoms with Gasteiger partial charge in [0.15, 0.2) is 0 Å². The summed E-state index contributed by atoms with van der Waals surface area (Å²) in [6.45, 7) is 12.6. The van der Waals surface area contributed by atoms with E-state index in [4.69, 9.17) is 4.74 Å². The molecule has 2 nitrogen and oxygen atoms in total. The van der Waals surface area contributed by atoms with E-state index in [2.05, 4.69) is 37.0 Å². The van der Waals surface area contributed by atoms with Crippen LogP contribution in [0, 0.1) is 0 Å². The van der Waals surface area contributed by atoms with Gasteiger partial charge in [-0.25, -0.2) is 0 Å². The molecule has 0 saturated heterocycles. The Morgan fingerprint density at radius 3 is 1.69 bits per heavy atom. The van der Waals surface area contributed by atoms with Gasteiger partial charge in [-0.3, -0.25) is 0 Å². The summed E-state index contributed by atoms with van der Waals surface area (Å²) in [4.78, 5) is 11.7. The zero-order valence-electron chi connectivity index (χ0n) is 18.1. The molecule has 0 aliphatic carbocycles. The summed E-state index contributed by atoms with van der Waals surface area (Å²) in [5, 5.41) is 0. The zero-order chi connectivity index (χ0) is 19.9. The van der Waals surface area contributed by atoms with E-state index in [1.54, 1.807) is 6.08 Å². The molecule has 0 N–H and O–H groups in total.